The summed E-state index contributed by atoms with van der Waals surface area (Å²) in [5.41, 5.74) is 0.886. The largest absolute Gasteiger partial charge is 0.469 e. The monoisotopic (exact) mass is 367 g/mol. The zero-order valence-electron chi connectivity index (χ0n) is 15.5. The minimum absolute atomic E-state index is 0.141. The second-order valence-corrected chi connectivity index (χ2v) is 6.00. The van der Waals surface area contributed by atoms with Gasteiger partial charge in [-0.1, -0.05) is 36.8 Å². The van der Waals surface area contributed by atoms with Crippen LogP contribution >= 0.6 is 0 Å². The minimum Gasteiger partial charge on any atom is -0.469 e. The van der Waals surface area contributed by atoms with E-state index in [-0.39, 0.29) is 11.9 Å². The molecule has 5 nitrogen and oxygen atoms in total. The van der Waals surface area contributed by atoms with Crippen LogP contribution in [0.1, 0.15) is 31.2 Å². The molecule has 0 saturated carbocycles. The fraction of sp³-hybridized carbons (Fsp3) is 0.273. The molecule has 0 aliphatic carbocycles. The van der Waals surface area contributed by atoms with Crippen molar-refractivity contribution in [2.45, 2.75) is 25.7 Å². The second kappa shape index (κ2) is 11.5. The Bertz CT molecular complexity index is 756. The van der Waals surface area contributed by atoms with Crippen LogP contribution in [0.3, 0.4) is 0 Å². The molecule has 2 rings (SSSR count). The van der Waals surface area contributed by atoms with Crippen molar-refractivity contribution < 1.29 is 19.1 Å². The molecule has 5 heteroatoms. The predicted octanol–water partition coefficient (Wildman–Crippen LogP) is 4.34. The number of para-hydroxylation sites is 1. The van der Waals surface area contributed by atoms with Gasteiger partial charge in [0.05, 0.1) is 7.11 Å². The summed E-state index contributed by atoms with van der Waals surface area (Å²) in [7, 11) is 1.39. The van der Waals surface area contributed by atoms with Crippen molar-refractivity contribution in [2.75, 3.05) is 13.7 Å². The third-order valence-electron chi connectivity index (χ3n) is 3.85. The van der Waals surface area contributed by atoms with Crippen LogP contribution in [0.15, 0.2) is 60.7 Å². The highest BCUT2D eigenvalue weighted by Crippen LogP contribution is 2.22. The zero-order chi connectivity index (χ0) is 19.3. The predicted molar refractivity (Wildman–Crippen MR) is 105 cm³/mol. The molecule has 0 aromatic heterocycles. The van der Waals surface area contributed by atoms with E-state index in [9.17, 15) is 9.59 Å². The number of esters is 1. The van der Waals surface area contributed by atoms with Gasteiger partial charge in [-0.2, -0.15) is 0 Å². The highest BCUT2D eigenvalue weighted by Gasteiger charge is 2.01. The number of hydrogen-bond acceptors (Lipinski definition) is 4. The molecule has 0 fully saturated rings. The normalized spacial score (nSPS) is 10.6. The fourth-order valence-electron chi connectivity index (χ4n) is 2.42. The van der Waals surface area contributed by atoms with Crippen molar-refractivity contribution in [1.29, 1.82) is 0 Å². The van der Waals surface area contributed by atoms with E-state index in [4.69, 9.17) is 4.74 Å². The number of unbranched alkanes of at least 4 members (excludes halogenated alkanes) is 2. The average Bonchev–Trinajstić information content (AvgIpc) is 2.70. The van der Waals surface area contributed by atoms with Crippen molar-refractivity contribution in [3.63, 3.8) is 0 Å². The van der Waals surface area contributed by atoms with E-state index in [1.807, 2.05) is 54.6 Å². The molecule has 1 amide bonds. The lowest BCUT2D eigenvalue weighted by atomic mass is 10.2. The van der Waals surface area contributed by atoms with Crippen molar-refractivity contribution >= 4 is 18.0 Å². The van der Waals surface area contributed by atoms with E-state index < -0.39 is 0 Å². The number of benzene rings is 2. The highest BCUT2D eigenvalue weighted by molar-refractivity contribution is 5.91. The van der Waals surface area contributed by atoms with Gasteiger partial charge in [0.15, 0.2) is 0 Å². The quantitative estimate of drug-likeness (QED) is 0.385. The molecule has 0 spiro atoms. The van der Waals surface area contributed by atoms with Crippen LogP contribution in [0.2, 0.25) is 0 Å². The summed E-state index contributed by atoms with van der Waals surface area (Å²) < 4.78 is 10.4. The summed E-state index contributed by atoms with van der Waals surface area (Å²) in [4.78, 5) is 22.9. The Kier molecular flexibility index (Phi) is 8.63. The maximum atomic E-state index is 11.9. The number of hydrogen-bond donors (Lipinski definition) is 1. The second-order valence-electron chi connectivity index (χ2n) is 6.00. The van der Waals surface area contributed by atoms with E-state index in [1.54, 1.807) is 6.08 Å². The number of carbonyl (C=O) groups excluding carboxylic acids is 2. The molecule has 0 radical (unpaired) electrons. The molecule has 0 bridgehead atoms. The number of carbonyl (C=O) groups is 2. The number of rotatable bonds is 10. The molecule has 1 N–H and O–H groups in total. The first-order valence-electron chi connectivity index (χ1n) is 9.03. The smallest absolute Gasteiger partial charge is 0.305 e. The molecule has 0 aliphatic heterocycles. The first kappa shape index (κ1) is 20.2. The van der Waals surface area contributed by atoms with Crippen molar-refractivity contribution in [3.05, 3.63) is 66.2 Å². The van der Waals surface area contributed by atoms with Gasteiger partial charge in [0.2, 0.25) is 5.91 Å². The van der Waals surface area contributed by atoms with Gasteiger partial charge >= 0.3 is 5.97 Å². The summed E-state index contributed by atoms with van der Waals surface area (Å²) in [6, 6.07) is 17.1. The summed E-state index contributed by atoms with van der Waals surface area (Å²) in [5.74, 6) is 1.15. The van der Waals surface area contributed by atoms with E-state index in [1.165, 1.54) is 13.2 Å². The number of methoxy groups -OCH3 is 1. The van der Waals surface area contributed by atoms with Gasteiger partial charge < -0.3 is 14.8 Å². The van der Waals surface area contributed by atoms with Gasteiger partial charge in [-0.3, -0.25) is 9.59 Å². The maximum absolute atomic E-state index is 11.9. The van der Waals surface area contributed by atoms with Gasteiger partial charge in [-0.05, 0) is 48.7 Å². The molecule has 0 saturated heterocycles. The van der Waals surface area contributed by atoms with Crippen LogP contribution in [-0.4, -0.2) is 25.5 Å². The van der Waals surface area contributed by atoms with Crippen LogP contribution < -0.4 is 10.1 Å². The summed E-state index contributed by atoms with van der Waals surface area (Å²) in [6.45, 7) is 0.585. The van der Waals surface area contributed by atoms with E-state index in [0.29, 0.717) is 13.0 Å². The topological polar surface area (TPSA) is 64.6 Å². The van der Waals surface area contributed by atoms with Gasteiger partial charge in [0.25, 0.3) is 0 Å². The van der Waals surface area contributed by atoms with E-state index >= 15 is 0 Å². The molecule has 2 aromatic carbocycles. The Labute approximate surface area is 160 Å². The van der Waals surface area contributed by atoms with Crippen molar-refractivity contribution in [1.82, 2.24) is 5.32 Å². The van der Waals surface area contributed by atoms with Gasteiger partial charge in [-0.25, -0.2) is 0 Å². The van der Waals surface area contributed by atoms with Gasteiger partial charge in [-0.15, -0.1) is 0 Å². The Morgan fingerprint density at radius 2 is 1.74 bits per heavy atom. The van der Waals surface area contributed by atoms with Crippen LogP contribution in [0, 0.1) is 0 Å². The van der Waals surface area contributed by atoms with Gasteiger partial charge in [0, 0.05) is 19.0 Å². The standard InChI is InChI=1S/C22H25NO4/c1-26-22(25)13-6-3-7-16-23-21(24)15-14-18-9-8-12-20(17-18)27-19-10-4-2-5-11-19/h2,4-5,8-12,14-15,17H,3,6-7,13,16H2,1H3,(H,23,24)/b15-14+. The fourth-order valence-corrected chi connectivity index (χ4v) is 2.42. The first-order chi connectivity index (χ1) is 13.2. The minimum atomic E-state index is -0.194. The number of nitrogens with one attached hydrogen (secondary N) is 1. The molecule has 27 heavy (non-hydrogen) atoms. The Balaban J connectivity index is 1.72. The third-order valence-corrected chi connectivity index (χ3v) is 3.85. The maximum Gasteiger partial charge on any atom is 0.305 e. The first-order valence-corrected chi connectivity index (χ1v) is 9.03. The molecule has 0 atom stereocenters. The molecular weight excluding hydrogens is 342 g/mol. The molecule has 142 valence electrons. The van der Waals surface area contributed by atoms with E-state index in [2.05, 4.69) is 10.1 Å². The molecule has 2 aromatic rings. The summed E-state index contributed by atoms with van der Waals surface area (Å²) in [6.07, 6.45) is 6.16. The summed E-state index contributed by atoms with van der Waals surface area (Å²) in [5, 5.41) is 2.84. The van der Waals surface area contributed by atoms with Crippen LogP contribution in [0.25, 0.3) is 6.08 Å². The van der Waals surface area contributed by atoms with Crippen molar-refractivity contribution in [2.24, 2.45) is 0 Å². The summed E-state index contributed by atoms with van der Waals surface area (Å²) >= 11 is 0. The van der Waals surface area contributed by atoms with E-state index in [0.717, 1.165) is 36.3 Å². The number of amides is 1. The molecule has 0 heterocycles. The number of ether oxygens (including phenoxy) is 2. The van der Waals surface area contributed by atoms with Crippen LogP contribution in [0.4, 0.5) is 0 Å². The lowest BCUT2D eigenvalue weighted by Gasteiger charge is -2.06. The zero-order valence-corrected chi connectivity index (χ0v) is 15.5. The molecular formula is C22H25NO4. The molecule has 0 aliphatic rings. The SMILES string of the molecule is COC(=O)CCCCCNC(=O)/C=C/c1cccc(Oc2ccccc2)c1. The van der Waals surface area contributed by atoms with Crippen LogP contribution in [-0.2, 0) is 14.3 Å². The lowest BCUT2D eigenvalue weighted by molar-refractivity contribution is -0.140. The Morgan fingerprint density at radius 3 is 2.52 bits per heavy atom. The average molecular weight is 367 g/mol. The lowest BCUT2D eigenvalue weighted by Crippen LogP contribution is -2.22. The van der Waals surface area contributed by atoms with Crippen molar-refractivity contribution in [3.8, 4) is 11.5 Å². The Morgan fingerprint density at radius 1 is 0.963 bits per heavy atom. The van der Waals surface area contributed by atoms with Crippen LogP contribution in [0.5, 0.6) is 11.5 Å². The Hall–Kier alpha value is -3.08. The third kappa shape index (κ3) is 8.23. The highest BCUT2D eigenvalue weighted by atomic mass is 16.5. The molecule has 0 unspecified atom stereocenters. The van der Waals surface area contributed by atoms with Gasteiger partial charge in [0.1, 0.15) is 11.5 Å².